The van der Waals surface area contributed by atoms with Crippen molar-refractivity contribution in [2.75, 3.05) is 35.8 Å². The average molecular weight is 700 g/mol. The number of hydrogen-bond donors (Lipinski definition) is 3. The van der Waals surface area contributed by atoms with Crippen LogP contribution in [0.5, 0.6) is 0 Å². The van der Waals surface area contributed by atoms with E-state index < -0.39 is 34.5 Å². The third kappa shape index (κ3) is 8.30. The minimum Gasteiger partial charge on any atom is -0.452 e. The van der Waals surface area contributed by atoms with Gasteiger partial charge in [0.25, 0.3) is 21.8 Å². The summed E-state index contributed by atoms with van der Waals surface area (Å²) in [5.41, 5.74) is 13.8. The van der Waals surface area contributed by atoms with E-state index >= 15 is 0 Å². The van der Waals surface area contributed by atoms with E-state index in [4.69, 9.17) is 27.8 Å². The summed E-state index contributed by atoms with van der Waals surface area (Å²) in [6.07, 6.45) is 1.71. The second-order valence-corrected chi connectivity index (χ2v) is 12.8. The number of nitrogens with zero attached hydrogens (tertiary/aromatic N) is 4. The number of aliphatic imine (C=N–C) groups is 1. The predicted molar refractivity (Wildman–Crippen MR) is 189 cm³/mol. The molecule has 250 valence electrons. The van der Waals surface area contributed by atoms with Gasteiger partial charge in [-0.25, -0.2) is 9.79 Å². The van der Waals surface area contributed by atoms with Gasteiger partial charge in [0, 0.05) is 36.1 Å². The average Bonchev–Trinajstić information content (AvgIpc) is 3.39. The van der Waals surface area contributed by atoms with E-state index in [1.54, 1.807) is 42.5 Å². The summed E-state index contributed by atoms with van der Waals surface area (Å²) >= 11 is 6.10. The Morgan fingerprint density at radius 2 is 1.57 bits per heavy atom. The zero-order valence-corrected chi connectivity index (χ0v) is 27.8. The number of sulfonamides is 1. The molecule has 49 heavy (non-hydrogen) atoms. The van der Waals surface area contributed by atoms with Crippen molar-refractivity contribution >= 4 is 74.3 Å². The van der Waals surface area contributed by atoms with Crippen LogP contribution in [0.3, 0.4) is 0 Å². The first-order valence-corrected chi connectivity index (χ1v) is 16.3. The fourth-order valence-electron chi connectivity index (χ4n) is 4.64. The van der Waals surface area contributed by atoms with Crippen molar-refractivity contribution in [2.45, 2.75) is 4.90 Å². The molecule has 0 aromatic heterocycles. The van der Waals surface area contributed by atoms with Crippen LogP contribution in [0.1, 0.15) is 21.5 Å². The Kier molecular flexibility index (Phi) is 10.1. The van der Waals surface area contributed by atoms with Crippen LogP contribution in [0.15, 0.2) is 117 Å². The molecule has 13 nitrogen and oxygen atoms in total. The predicted octanol–water partition coefficient (Wildman–Crippen LogP) is 4.00. The second kappa shape index (κ2) is 14.4. The van der Waals surface area contributed by atoms with E-state index in [-0.39, 0.29) is 27.8 Å². The monoisotopic (exact) mass is 699 g/mol. The van der Waals surface area contributed by atoms with E-state index in [1.807, 2.05) is 43.3 Å². The smallest absolute Gasteiger partial charge is 0.338 e. The van der Waals surface area contributed by atoms with E-state index in [2.05, 4.69) is 14.7 Å². The van der Waals surface area contributed by atoms with E-state index in [1.165, 1.54) is 41.3 Å². The third-order valence-corrected chi connectivity index (χ3v) is 8.60. The van der Waals surface area contributed by atoms with Crippen molar-refractivity contribution in [3.8, 4) is 0 Å². The van der Waals surface area contributed by atoms with Crippen LogP contribution >= 0.6 is 11.6 Å². The van der Waals surface area contributed by atoms with E-state index in [0.717, 1.165) is 11.3 Å². The highest BCUT2D eigenvalue weighted by molar-refractivity contribution is 7.90. The van der Waals surface area contributed by atoms with Crippen molar-refractivity contribution in [3.63, 3.8) is 0 Å². The molecule has 1 aliphatic rings. The lowest BCUT2D eigenvalue weighted by molar-refractivity contribution is -0.119. The maximum Gasteiger partial charge on any atom is 0.338 e. The number of nitrogens with one attached hydrogen (secondary N) is 1. The Morgan fingerprint density at radius 3 is 2.16 bits per heavy atom. The molecule has 1 heterocycles. The number of carbonyl (C=O) groups excluding carboxylic acids is 3. The molecule has 4 aromatic rings. The van der Waals surface area contributed by atoms with E-state index in [9.17, 15) is 22.8 Å². The number of anilines is 3. The lowest BCUT2D eigenvalue weighted by Crippen LogP contribution is -2.32. The largest absolute Gasteiger partial charge is 0.452 e. The summed E-state index contributed by atoms with van der Waals surface area (Å²) in [4.78, 5) is 46.8. The van der Waals surface area contributed by atoms with Gasteiger partial charge < -0.3 is 26.4 Å². The normalized spacial score (nSPS) is 13.5. The lowest BCUT2D eigenvalue weighted by Gasteiger charge is -2.19. The molecule has 5 N–H and O–H groups in total. The Morgan fingerprint density at radius 1 is 0.939 bits per heavy atom. The molecule has 0 radical (unpaired) electrons. The number of ether oxygens (including phenoxy) is 1. The maximum absolute atomic E-state index is 13.7. The fraction of sp³-hybridized carbons (Fsp3) is 0.0882. The van der Waals surface area contributed by atoms with Crippen LogP contribution in [0.4, 0.5) is 17.1 Å². The van der Waals surface area contributed by atoms with Gasteiger partial charge in [0.05, 0.1) is 16.1 Å². The number of nitrogens with two attached hydrogens (primary N) is 2. The SMILES string of the molecule is CN(C)c1ccc(/C=C2\N=C(c3ccc(Cl)cc3)N(c3ccc(C(=O)OCC(=O)Nc4ccc(S(=O)(=O)N=C(N)N)cc4)cc3)C2=O)cc1. The summed E-state index contributed by atoms with van der Waals surface area (Å²) in [5, 5.41) is 3.03. The Bertz CT molecular complexity index is 2090. The molecule has 15 heteroatoms. The quantitative estimate of drug-likeness (QED) is 0.0951. The molecule has 0 unspecified atom stereocenters. The first kappa shape index (κ1) is 34.3. The standard InChI is InChI=1S/C34H30ClN7O6S/c1-41(2)26-13-3-21(4-14-26)19-29-32(44)42(31(39-29)22-5-9-24(35)10-6-22)27-15-7-23(8-16-27)33(45)48-20-30(43)38-25-11-17-28(18-12-25)49(46,47)40-34(36)37/h3-19H,20H2,1-2H3,(H,38,43)(H4,36,37,40)/b29-19-. The molecule has 0 bridgehead atoms. The number of benzene rings is 4. The van der Waals surface area contributed by atoms with Gasteiger partial charge in [0.2, 0.25) is 5.96 Å². The number of esters is 1. The van der Waals surface area contributed by atoms with Gasteiger partial charge in [-0.2, -0.15) is 8.42 Å². The highest BCUT2D eigenvalue weighted by Gasteiger charge is 2.32. The minimum absolute atomic E-state index is 0.138. The Hall–Kier alpha value is -5.99. The lowest BCUT2D eigenvalue weighted by atomic mass is 10.1. The van der Waals surface area contributed by atoms with Crippen LogP contribution in [0.2, 0.25) is 5.02 Å². The highest BCUT2D eigenvalue weighted by atomic mass is 35.5. The van der Waals surface area contributed by atoms with Crippen molar-refractivity contribution in [2.24, 2.45) is 20.9 Å². The summed E-state index contributed by atoms with van der Waals surface area (Å²) in [5.74, 6) is -2.03. The first-order valence-electron chi connectivity index (χ1n) is 14.5. The minimum atomic E-state index is -4.09. The maximum atomic E-state index is 13.7. The molecule has 0 spiro atoms. The van der Waals surface area contributed by atoms with Crippen LogP contribution in [0, 0.1) is 0 Å². The number of halogens is 1. The van der Waals surface area contributed by atoms with Crippen LogP contribution in [-0.4, -0.2) is 58.7 Å². The number of amidine groups is 1. The van der Waals surface area contributed by atoms with Gasteiger partial charge in [-0.05, 0) is 96.6 Å². The molecule has 2 amide bonds. The zero-order chi connectivity index (χ0) is 35.3. The van der Waals surface area contributed by atoms with E-state index in [0.29, 0.717) is 22.1 Å². The third-order valence-electron chi connectivity index (χ3n) is 7.03. The Labute approximate surface area is 287 Å². The Balaban J connectivity index is 1.27. The summed E-state index contributed by atoms with van der Waals surface area (Å²) in [6, 6.07) is 25.8. The van der Waals surface area contributed by atoms with Gasteiger partial charge in [0.15, 0.2) is 6.61 Å². The van der Waals surface area contributed by atoms with Crippen molar-refractivity contribution < 1.29 is 27.5 Å². The van der Waals surface area contributed by atoms with Gasteiger partial charge >= 0.3 is 5.97 Å². The summed E-state index contributed by atoms with van der Waals surface area (Å²) in [6.45, 7) is -0.615. The molecule has 0 fully saturated rings. The molecule has 4 aromatic carbocycles. The molecule has 5 rings (SSSR count). The van der Waals surface area contributed by atoms with Crippen LogP contribution in [0.25, 0.3) is 6.08 Å². The second-order valence-electron chi connectivity index (χ2n) is 10.8. The van der Waals surface area contributed by atoms with Gasteiger partial charge in [-0.3, -0.25) is 14.5 Å². The highest BCUT2D eigenvalue weighted by Crippen LogP contribution is 2.29. The van der Waals surface area contributed by atoms with Crippen molar-refractivity contribution in [3.05, 3.63) is 124 Å². The summed E-state index contributed by atoms with van der Waals surface area (Å²) in [7, 11) is -0.207. The molecular formula is C34H30ClN7O6S. The van der Waals surface area contributed by atoms with Crippen molar-refractivity contribution in [1.82, 2.24) is 0 Å². The fourth-order valence-corrected chi connectivity index (χ4v) is 5.62. The van der Waals surface area contributed by atoms with Crippen LogP contribution in [-0.2, 0) is 24.3 Å². The van der Waals surface area contributed by atoms with Gasteiger partial charge in [0.1, 0.15) is 11.5 Å². The van der Waals surface area contributed by atoms with Gasteiger partial charge in [-0.15, -0.1) is 4.40 Å². The molecular weight excluding hydrogens is 670 g/mol. The van der Waals surface area contributed by atoms with Crippen molar-refractivity contribution in [1.29, 1.82) is 0 Å². The molecule has 0 saturated carbocycles. The number of carbonyl (C=O) groups is 3. The summed E-state index contributed by atoms with van der Waals surface area (Å²) < 4.78 is 32.5. The molecule has 0 atom stereocenters. The van der Waals surface area contributed by atoms with Crippen LogP contribution < -0.4 is 26.6 Å². The van der Waals surface area contributed by atoms with Gasteiger partial charge in [-0.1, -0.05) is 23.7 Å². The molecule has 0 saturated heterocycles. The zero-order valence-electron chi connectivity index (χ0n) is 26.2. The topological polar surface area (TPSA) is 190 Å². The number of rotatable bonds is 10. The first-order chi connectivity index (χ1) is 23.3. The molecule has 0 aliphatic carbocycles. The number of hydrogen-bond acceptors (Lipinski definition) is 8. The number of amides is 2. The molecule has 1 aliphatic heterocycles. The number of guanidine groups is 1.